The molecule has 1 atom stereocenters. The summed E-state index contributed by atoms with van der Waals surface area (Å²) in [5.74, 6) is 1.16. The molecule has 3 aliphatic heterocycles. The molecule has 0 aromatic rings. The van der Waals surface area contributed by atoms with Crippen LogP contribution in [0, 0.1) is 22.2 Å². The zero-order valence-electron chi connectivity index (χ0n) is 27.6. The molecule has 1 unspecified atom stereocenters. The van der Waals surface area contributed by atoms with Crippen molar-refractivity contribution in [2.45, 2.75) is 144 Å². The third-order valence-electron chi connectivity index (χ3n) is 11.9. The van der Waals surface area contributed by atoms with Crippen LogP contribution >= 0.6 is 0 Å². The quantitative estimate of drug-likeness (QED) is 0.377. The van der Waals surface area contributed by atoms with Crippen molar-refractivity contribution >= 4 is 17.3 Å². The fraction of sp³-hybridized carbons (Fsp3) is 0.914. The molecule has 3 saturated heterocycles. The average Bonchev–Trinajstić information content (AvgIpc) is 3.82. The first-order valence-electron chi connectivity index (χ1n) is 17.0. The van der Waals surface area contributed by atoms with E-state index < -0.39 is 0 Å². The van der Waals surface area contributed by atoms with Crippen molar-refractivity contribution in [3.8, 4) is 0 Å². The maximum Gasteiger partial charge on any atom is 0.140 e. The van der Waals surface area contributed by atoms with Gasteiger partial charge in [-0.2, -0.15) is 0 Å². The van der Waals surface area contributed by atoms with Crippen molar-refractivity contribution in [2.75, 3.05) is 39.3 Å². The van der Waals surface area contributed by atoms with Gasteiger partial charge in [0.25, 0.3) is 0 Å². The van der Waals surface area contributed by atoms with E-state index in [0.717, 1.165) is 37.4 Å². The number of carbonyl (C=O) groups excluding carboxylic acids is 3. The number of Topliss-reactive ketones (excluding diaryl/α,β-unsaturated/α-hetero) is 3. The van der Waals surface area contributed by atoms with Gasteiger partial charge in [0.05, 0.1) is 6.42 Å². The number of hydrogen-bond acceptors (Lipinski definition) is 6. The van der Waals surface area contributed by atoms with E-state index in [0.29, 0.717) is 42.0 Å². The molecule has 6 heteroatoms. The van der Waals surface area contributed by atoms with Crippen molar-refractivity contribution < 1.29 is 14.4 Å². The molecule has 6 nitrogen and oxygen atoms in total. The van der Waals surface area contributed by atoms with Crippen LogP contribution in [0.2, 0.25) is 0 Å². The normalized spacial score (nSPS) is 29.0. The van der Waals surface area contributed by atoms with E-state index in [4.69, 9.17) is 0 Å². The van der Waals surface area contributed by atoms with Crippen LogP contribution in [0.25, 0.3) is 0 Å². The summed E-state index contributed by atoms with van der Waals surface area (Å²) in [6.07, 6.45) is 13.2. The molecule has 6 rings (SSSR count). The largest absolute Gasteiger partial charge is 0.301 e. The van der Waals surface area contributed by atoms with Gasteiger partial charge in [0.2, 0.25) is 0 Å². The molecule has 0 N–H and O–H groups in total. The smallest absolute Gasteiger partial charge is 0.140 e. The fourth-order valence-electron chi connectivity index (χ4n) is 8.26. The van der Waals surface area contributed by atoms with Crippen molar-refractivity contribution in [2.24, 2.45) is 22.2 Å². The number of likely N-dealkylation sites (tertiary alicyclic amines) is 3. The summed E-state index contributed by atoms with van der Waals surface area (Å²) in [5.41, 5.74) is 1.32. The number of piperidine rings is 3. The highest BCUT2D eigenvalue weighted by atomic mass is 16.1. The standard InChI is InChI=1S/C13H21NO2.C12H21NO.C10H19N/c1-10(2)14-5-3-13(4-6-14)8-11(15)7-12(16)9-13;1-9(2)13-6-4-12(5-7-13)8-11(12)10(3)14;1-9(2)11-7-5-10(3-4-10)6-8-11/h10H,3-9H2,1-2H3;9,11H,4-8H2,1-3H3;9H,3-8H2,1-2H3. The predicted molar refractivity (Wildman–Crippen MR) is 167 cm³/mol. The van der Waals surface area contributed by atoms with Crippen LogP contribution in [0.15, 0.2) is 0 Å². The third kappa shape index (κ3) is 8.50. The Kier molecular flexibility index (Phi) is 10.6. The molecule has 0 aromatic heterocycles. The highest BCUT2D eigenvalue weighted by Crippen LogP contribution is 2.59. The molecule has 0 amide bonds. The highest BCUT2D eigenvalue weighted by molar-refractivity contribution is 6.02. The molecule has 6 aliphatic rings. The summed E-state index contributed by atoms with van der Waals surface area (Å²) in [6.45, 7) is 22.5. The average molecular weight is 572 g/mol. The summed E-state index contributed by atoms with van der Waals surface area (Å²) in [6, 6.07) is 2.01. The summed E-state index contributed by atoms with van der Waals surface area (Å²) >= 11 is 0. The number of carbonyl (C=O) groups is 3. The minimum atomic E-state index is 0.0256. The van der Waals surface area contributed by atoms with Crippen LogP contribution in [0.4, 0.5) is 0 Å². The molecule has 3 aliphatic carbocycles. The molecule has 234 valence electrons. The Balaban J connectivity index is 0.000000144. The Morgan fingerprint density at radius 2 is 0.976 bits per heavy atom. The molecule has 0 bridgehead atoms. The highest BCUT2D eigenvalue weighted by Gasteiger charge is 2.57. The minimum absolute atomic E-state index is 0.0256. The van der Waals surface area contributed by atoms with Gasteiger partial charge in [-0.25, -0.2) is 0 Å². The van der Waals surface area contributed by atoms with E-state index in [-0.39, 0.29) is 23.4 Å². The van der Waals surface area contributed by atoms with E-state index in [1.165, 1.54) is 71.1 Å². The number of hydrogen-bond donors (Lipinski definition) is 0. The van der Waals surface area contributed by atoms with Crippen molar-refractivity contribution in [1.82, 2.24) is 14.7 Å². The molecule has 6 fully saturated rings. The topological polar surface area (TPSA) is 60.9 Å². The van der Waals surface area contributed by atoms with E-state index in [1.807, 2.05) is 0 Å². The Labute approximate surface area is 251 Å². The van der Waals surface area contributed by atoms with Crippen molar-refractivity contribution in [3.63, 3.8) is 0 Å². The Morgan fingerprint density at radius 3 is 1.29 bits per heavy atom. The summed E-state index contributed by atoms with van der Waals surface area (Å²) in [5, 5.41) is 0. The van der Waals surface area contributed by atoms with Crippen LogP contribution in [-0.4, -0.2) is 89.4 Å². The third-order valence-corrected chi connectivity index (χ3v) is 11.9. The first-order chi connectivity index (χ1) is 19.3. The van der Waals surface area contributed by atoms with Gasteiger partial charge in [-0.3, -0.25) is 14.4 Å². The molecule has 3 heterocycles. The molecule has 41 heavy (non-hydrogen) atoms. The van der Waals surface area contributed by atoms with Crippen LogP contribution in [-0.2, 0) is 14.4 Å². The Bertz CT molecular complexity index is 893. The zero-order valence-corrected chi connectivity index (χ0v) is 27.6. The molecular weight excluding hydrogens is 510 g/mol. The second-order valence-electron chi connectivity index (χ2n) is 15.7. The molecule has 0 radical (unpaired) electrons. The van der Waals surface area contributed by atoms with Gasteiger partial charge in [-0.05, 0) is 162 Å². The maximum absolute atomic E-state index is 11.5. The first-order valence-corrected chi connectivity index (χ1v) is 17.0. The van der Waals surface area contributed by atoms with Gasteiger partial charge in [-0.1, -0.05) is 0 Å². The van der Waals surface area contributed by atoms with Gasteiger partial charge >= 0.3 is 0 Å². The van der Waals surface area contributed by atoms with Gasteiger partial charge in [0.1, 0.15) is 17.3 Å². The molecular formula is C35H61N3O3. The monoisotopic (exact) mass is 571 g/mol. The second-order valence-corrected chi connectivity index (χ2v) is 15.7. The maximum atomic E-state index is 11.5. The van der Waals surface area contributed by atoms with Gasteiger partial charge in [0.15, 0.2) is 0 Å². The van der Waals surface area contributed by atoms with E-state index >= 15 is 0 Å². The number of nitrogens with zero attached hydrogens (tertiary/aromatic N) is 3. The SMILES string of the molecule is CC(=O)C1CC12CCN(C(C)C)CC2.CC(C)N1CCC2(CC1)CC(=O)CC(=O)C2.CC(C)N1CCC2(CC1)CC2. The van der Waals surface area contributed by atoms with Gasteiger partial charge in [0, 0.05) is 36.9 Å². The van der Waals surface area contributed by atoms with Crippen LogP contribution in [0.1, 0.15) is 126 Å². The predicted octanol–water partition coefficient (Wildman–Crippen LogP) is 6.16. The minimum Gasteiger partial charge on any atom is -0.301 e. The van der Waals surface area contributed by atoms with Crippen LogP contribution < -0.4 is 0 Å². The summed E-state index contributed by atoms with van der Waals surface area (Å²) in [4.78, 5) is 41.9. The Hall–Kier alpha value is -1.11. The van der Waals surface area contributed by atoms with E-state index in [2.05, 4.69) is 56.2 Å². The summed E-state index contributed by atoms with van der Waals surface area (Å²) in [7, 11) is 0. The number of rotatable bonds is 4. The van der Waals surface area contributed by atoms with E-state index in [9.17, 15) is 14.4 Å². The first kappa shape index (κ1) is 32.8. The fourth-order valence-corrected chi connectivity index (χ4v) is 8.26. The molecule has 3 saturated carbocycles. The van der Waals surface area contributed by atoms with Crippen LogP contribution in [0.3, 0.4) is 0 Å². The molecule has 0 aromatic carbocycles. The van der Waals surface area contributed by atoms with Crippen LogP contribution in [0.5, 0.6) is 0 Å². The van der Waals surface area contributed by atoms with E-state index in [1.54, 1.807) is 6.92 Å². The summed E-state index contributed by atoms with van der Waals surface area (Å²) < 4.78 is 0. The lowest BCUT2D eigenvalue weighted by molar-refractivity contribution is -0.136. The van der Waals surface area contributed by atoms with Gasteiger partial charge in [-0.15, -0.1) is 0 Å². The van der Waals surface area contributed by atoms with Crippen molar-refractivity contribution in [3.05, 3.63) is 0 Å². The lowest BCUT2D eigenvalue weighted by atomic mass is 9.67. The molecule has 3 spiro atoms. The zero-order chi connectivity index (χ0) is 30.0. The lowest BCUT2D eigenvalue weighted by Crippen LogP contribution is -2.46. The number of ketones is 3. The van der Waals surface area contributed by atoms with Crippen molar-refractivity contribution in [1.29, 1.82) is 0 Å². The Morgan fingerprint density at radius 1 is 0.610 bits per heavy atom. The lowest BCUT2D eigenvalue weighted by Gasteiger charge is -2.44. The van der Waals surface area contributed by atoms with Gasteiger partial charge < -0.3 is 14.7 Å². The second kappa shape index (κ2) is 13.3.